The van der Waals surface area contributed by atoms with Gasteiger partial charge in [-0.1, -0.05) is 29.8 Å². The number of benzene rings is 1. The average molecular weight is 232 g/mol. The zero-order valence-electron chi connectivity index (χ0n) is 11.2. The summed E-state index contributed by atoms with van der Waals surface area (Å²) in [4.78, 5) is 2.38. The fourth-order valence-electron chi connectivity index (χ4n) is 3.01. The van der Waals surface area contributed by atoms with Gasteiger partial charge >= 0.3 is 0 Å². The Morgan fingerprint density at radius 1 is 1.24 bits per heavy atom. The maximum atomic E-state index is 3.45. The quantitative estimate of drug-likeness (QED) is 0.862. The third kappa shape index (κ3) is 3.08. The van der Waals surface area contributed by atoms with Crippen LogP contribution >= 0.6 is 0 Å². The van der Waals surface area contributed by atoms with Crippen molar-refractivity contribution in [3.63, 3.8) is 0 Å². The first-order valence-corrected chi connectivity index (χ1v) is 6.62. The topological polar surface area (TPSA) is 15.3 Å². The van der Waals surface area contributed by atoms with Gasteiger partial charge < -0.3 is 10.2 Å². The standard InChI is InChI=1S/C15H24N2/c1-12-5-4-6-14(11-12)15(17(2)3)13-7-9-16-10-8-13/h4-6,11,13,15-16H,7-10H2,1-3H3. The lowest BCUT2D eigenvalue weighted by atomic mass is 9.85. The van der Waals surface area contributed by atoms with E-state index in [0.717, 1.165) is 5.92 Å². The summed E-state index contributed by atoms with van der Waals surface area (Å²) in [6, 6.07) is 9.55. The van der Waals surface area contributed by atoms with Gasteiger partial charge in [-0.3, -0.25) is 0 Å². The Kier molecular flexibility index (Phi) is 4.19. The fraction of sp³-hybridized carbons (Fsp3) is 0.600. The molecule has 2 nitrogen and oxygen atoms in total. The first-order valence-electron chi connectivity index (χ1n) is 6.62. The van der Waals surface area contributed by atoms with Crippen molar-refractivity contribution in [3.8, 4) is 0 Å². The molecule has 2 rings (SSSR count). The summed E-state index contributed by atoms with van der Waals surface area (Å²) in [5, 5.41) is 3.45. The van der Waals surface area contributed by atoms with Crippen molar-refractivity contribution in [2.75, 3.05) is 27.2 Å². The summed E-state index contributed by atoms with van der Waals surface area (Å²) in [5.41, 5.74) is 2.84. The second-order valence-corrected chi connectivity index (χ2v) is 5.41. The molecule has 1 heterocycles. The van der Waals surface area contributed by atoms with E-state index >= 15 is 0 Å². The van der Waals surface area contributed by atoms with Gasteiger partial charge in [0.25, 0.3) is 0 Å². The van der Waals surface area contributed by atoms with Crippen LogP contribution in [-0.2, 0) is 0 Å². The average Bonchev–Trinajstić information content (AvgIpc) is 2.30. The van der Waals surface area contributed by atoms with Gasteiger partial charge in [0.1, 0.15) is 0 Å². The summed E-state index contributed by atoms with van der Waals surface area (Å²) >= 11 is 0. The highest BCUT2D eigenvalue weighted by Gasteiger charge is 2.26. The van der Waals surface area contributed by atoms with Crippen LogP contribution in [0.5, 0.6) is 0 Å². The molecule has 1 aromatic rings. The molecule has 1 unspecified atom stereocenters. The van der Waals surface area contributed by atoms with Crippen molar-refractivity contribution in [1.82, 2.24) is 10.2 Å². The van der Waals surface area contributed by atoms with Crippen molar-refractivity contribution in [1.29, 1.82) is 0 Å². The predicted molar refractivity (Wildman–Crippen MR) is 73.2 cm³/mol. The van der Waals surface area contributed by atoms with E-state index in [4.69, 9.17) is 0 Å². The molecule has 1 aromatic carbocycles. The maximum absolute atomic E-state index is 3.45. The van der Waals surface area contributed by atoms with E-state index < -0.39 is 0 Å². The van der Waals surface area contributed by atoms with Crippen LogP contribution in [0.25, 0.3) is 0 Å². The third-order valence-corrected chi connectivity index (χ3v) is 3.77. The zero-order chi connectivity index (χ0) is 12.3. The highest BCUT2D eigenvalue weighted by molar-refractivity contribution is 5.25. The summed E-state index contributed by atoms with van der Waals surface area (Å²) in [5.74, 6) is 0.785. The molecule has 0 aliphatic carbocycles. The molecule has 17 heavy (non-hydrogen) atoms. The van der Waals surface area contributed by atoms with Crippen LogP contribution in [0.4, 0.5) is 0 Å². The number of nitrogens with one attached hydrogen (secondary N) is 1. The van der Waals surface area contributed by atoms with Crippen LogP contribution in [0.2, 0.25) is 0 Å². The second-order valence-electron chi connectivity index (χ2n) is 5.41. The minimum absolute atomic E-state index is 0.567. The van der Waals surface area contributed by atoms with E-state index in [0.29, 0.717) is 6.04 Å². The van der Waals surface area contributed by atoms with Gasteiger partial charge in [-0.05, 0) is 58.4 Å². The Balaban J connectivity index is 2.21. The molecule has 0 spiro atoms. The van der Waals surface area contributed by atoms with Gasteiger partial charge in [0.05, 0.1) is 0 Å². The van der Waals surface area contributed by atoms with Crippen molar-refractivity contribution < 1.29 is 0 Å². The van der Waals surface area contributed by atoms with Crippen molar-refractivity contribution in [2.45, 2.75) is 25.8 Å². The number of hydrogen-bond acceptors (Lipinski definition) is 2. The monoisotopic (exact) mass is 232 g/mol. The summed E-state index contributed by atoms with van der Waals surface area (Å²) < 4.78 is 0. The van der Waals surface area contributed by atoms with Crippen LogP contribution in [0.3, 0.4) is 0 Å². The Labute approximate surface area is 105 Å². The lowest BCUT2D eigenvalue weighted by Crippen LogP contribution is -2.36. The molecule has 2 heteroatoms. The van der Waals surface area contributed by atoms with E-state index in [1.165, 1.54) is 37.1 Å². The smallest absolute Gasteiger partial charge is 0.0371 e. The molecule has 1 aliphatic heterocycles. The van der Waals surface area contributed by atoms with Gasteiger partial charge in [0.2, 0.25) is 0 Å². The van der Waals surface area contributed by atoms with Gasteiger partial charge in [0.15, 0.2) is 0 Å². The SMILES string of the molecule is Cc1cccc(C(C2CCNCC2)N(C)C)c1. The molecular formula is C15H24N2. The normalized spacial score (nSPS) is 19.5. The molecule has 0 aromatic heterocycles. The second kappa shape index (κ2) is 5.65. The number of hydrogen-bond donors (Lipinski definition) is 1. The van der Waals surface area contributed by atoms with E-state index in [2.05, 4.69) is 55.5 Å². The van der Waals surface area contributed by atoms with Crippen molar-refractivity contribution in [2.24, 2.45) is 5.92 Å². The minimum atomic E-state index is 0.567. The molecule has 1 fully saturated rings. The number of aryl methyl sites for hydroxylation is 1. The van der Waals surface area contributed by atoms with E-state index in [1.807, 2.05) is 0 Å². The molecule has 0 amide bonds. The Bertz CT molecular complexity index is 354. The zero-order valence-corrected chi connectivity index (χ0v) is 11.2. The molecule has 1 atom stereocenters. The molecule has 1 saturated heterocycles. The molecule has 1 N–H and O–H groups in total. The number of piperidine rings is 1. The summed E-state index contributed by atoms with van der Waals surface area (Å²) in [6.07, 6.45) is 2.58. The molecule has 1 aliphatic rings. The molecule has 0 saturated carbocycles. The van der Waals surface area contributed by atoms with Crippen LogP contribution in [0.15, 0.2) is 24.3 Å². The highest BCUT2D eigenvalue weighted by Crippen LogP contribution is 2.32. The van der Waals surface area contributed by atoms with Gasteiger partial charge in [-0.2, -0.15) is 0 Å². The van der Waals surface area contributed by atoms with E-state index in [1.54, 1.807) is 0 Å². The Morgan fingerprint density at radius 3 is 2.53 bits per heavy atom. The van der Waals surface area contributed by atoms with Crippen molar-refractivity contribution in [3.05, 3.63) is 35.4 Å². The first kappa shape index (κ1) is 12.6. The molecular weight excluding hydrogens is 208 g/mol. The lowest BCUT2D eigenvalue weighted by molar-refractivity contribution is 0.177. The van der Waals surface area contributed by atoms with Crippen molar-refractivity contribution >= 4 is 0 Å². The molecule has 94 valence electrons. The van der Waals surface area contributed by atoms with Gasteiger partial charge in [-0.25, -0.2) is 0 Å². The number of rotatable bonds is 3. The minimum Gasteiger partial charge on any atom is -0.317 e. The first-order chi connectivity index (χ1) is 8.18. The fourth-order valence-corrected chi connectivity index (χ4v) is 3.01. The maximum Gasteiger partial charge on any atom is 0.0371 e. The predicted octanol–water partition coefficient (Wildman–Crippen LogP) is 2.60. The van der Waals surface area contributed by atoms with Crippen LogP contribution < -0.4 is 5.32 Å². The Hall–Kier alpha value is -0.860. The largest absolute Gasteiger partial charge is 0.317 e. The van der Waals surface area contributed by atoms with E-state index in [-0.39, 0.29) is 0 Å². The van der Waals surface area contributed by atoms with E-state index in [9.17, 15) is 0 Å². The van der Waals surface area contributed by atoms with Crippen LogP contribution in [0, 0.1) is 12.8 Å². The van der Waals surface area contributed by atoms with Crippen LogP contribution in [0.1, 0.15) is 30.0 Å². The summed E-state index contributed by atoms with van der Waals surface area (Å²) in [7, 11) is 4.41. The lowest BCUT2D eigenvalue weighted by Gasteiger charge is -2.35. The van der Waals surface area contributed by atoms with Gasteiger partial charge in [0, 0.05) is 6.04 Å². The van der Waals surface area contributed by atoms with Gasteiger partial charge in [-0.15, -0.1) is 0 Å². The Morgan fingerprint density at radius 2 is 1.94 bits per heavy atom. The number of nitrogens with zero attached hydrogens (tertiary/aromatic N) is 1. The highest BCUT2D eigenvalue weighted by atomic mass is 15.1. The molecule has 0 bridgehead atoms. The summed E-state index contributed by atoms with van der Waals surface area (Å²) in [6.45, 7) is 4.51. The molecule has 0 radical (unpaired) electrons. The third-order valence-electron chi connectivity index (χ3n) is 3.77. The van der Waals surface area contributed by atoms with Crippen LogP contribution in [-0.4, -0.2) is 32.1 Å².